The molecule has 5 nitrogen and oxygen atoms in total. The molecule has 0 radical (unpaired) electrons. The highest BCUT2D eigenvalue weighted by Gasteiger charge is 2.35. The van der Waals surface area contributed by atoms with Gasteiger partial charge in [-0.1, -0.05) is 40.2 Å². The molecule has 3 aromatic rings. The molecule has 1 amide bonds. The van der Waals surface area contributed by atoms with Crippen LogP contribution in [0.15, 0.2) is 59.2 Å². The van der Waals surface area contributed by atoms with Crippen LogP contribution in [0.5, 0.6) is 17.4 Å². The zero-order chi connectivity index (χ0) is 20.9. The average Bonchev–Trinajstić information content (AvgIpc) is 3.20. The lowest BCUT2D eigenvalue weighted by molar-refractivity contribution is 0.0764. The van der Waals surface area contributed by atoms with Gasteiger partial charge in [-0.3, -0.25) is 4.79 Å². The lowest BCUT2D eigenvalue weighted by atomic mass is 10.0. The van der Waals surface area contributed by atoms with E-state index in [1.165, 1.54) is 0 Å². The number of aromatic nitrogens is 1. The molecule has 0 aliphatic carbocycles. The van der Waals surface area contributed by atoms with Crippen LogP contribution < -0.4 is 9.47 Å². The van der Waals surface area contributed by atoms with E-state index in [4.69, 9.17) is 9.47 Å². The van der Waals surface area contributed by atoms with Crippen molar-refractivity contribution < 1.29 is 14.3 Å². The first-order chi connectivity index (χ1) is 14.4. The van der Waals surface area contributed by atoms with Crippen LogP contribution in [-0.2, 0) is 19.5 Å². The number of para-hydroxylation sites is 1. The van der Waals surface area contributed by atoms with Gasteiger partial charge in [0.25, 0.3) is 5.91 Å². The first-order valence-electron chi connectivity index (χ1n) is 9.90. The van der Waals surface area contributed by atoms with Gasteiger partial charge in [-0.15, -0.1) is 0 Å². The molecular weight excluding hydrogens is 444 g/mol. The Morgan fingerprint density at radius 2 is 1.93 bits per heavy atom. The van der Waals surface area contributed by atoms with Gasteiger partial charge in [-0.05, 0) is 49.2 Å². The van der Waals surface area contributed by atoms with E-state index in [9.17, 15) is 4.79 Å². The maximum Gasteiger partial charge on any atom is 0.260 e. The summed E-state index contributed by atoms with van der Waals surface area (Å²) in [5.74, 6) is 1.60. The largest absolute Gasteiger partial charge is 0.483 e. The molecule has 30 heavy (non-hydrogen) atoms. The number of hydrogen-bond donors (Lipinski definition) is 0. The molecule has 0 saturated heterocycles. The molecule has 0 spiro atoms. The van der Waals surface area contributed by atoms with E-state index >= 15 is 0 Å². The Morgan fingerprint density at radius 1 is 1.13 bits per heavy atom. The van der Waals surface area contributed by atoms with E-state index in [0.29, 0.717) is 30.3 Å². The molecule has 1 aromatic heterocycles. The number of fused-ring (bicyclic) bond motifs is 2. The fourth-order valence-electron chi connectivity index (χ4n) is 4.06. The minimum absolute atomic E-state index is 0.0650. The SMILES string of the molecule is CC1(C)Cc2cccc(Oc3nccc4c3C(=O)N(Cc3ccc(Br)cc3)C4)c2O1. The number of benzene rings is 2. The standard InChI is InChI=1S/C24H21BrN2O3/c1-24(2)12-16-4-3-5-19(21(16)30-24)29-22-20-17(10-11-26-22)14-27(23(20)28)13-15-6-8-18(25)9-7-15/h3-11H,12-14H2,1-2H3. The monoisotopic (exact) mass is 464 g/mol. The van der Waals surface area contributed by atoms with Crippen LogP contribution in [-0.4, -0.2) is 21.4 Å². The summed E-state index contributed by atoms with van der Waals surface area (Å²) >= 11 is 3.45. The van der Waals surface area contributed by atoms with Gasteiger partial charge < -0.3 is 14.4 Å². The predicted molar refractivity (Wildman–Crippen MR) is 117 cm³/mol. The third kappa shape index (κ3) is 3.45. The van der Waals surface area contributed by atoms with E-state index in [1.54, 1.807) is 6.20 Å². The van der Waals surface area contributed by atoms with Gasteiger partial charge in [-0.2, -0.15) is 0 Å². The Bertz CT molecular complexity index is 1140. The predicted octanol–water partition coefficient (Wildman–Crippen LogP) is 5.51. The Labute approximate surface area is 183 Å². The molecule has 2 aliphatic heterocycles. The number of halogens is 1. The Morgan fingerprint density at radius 3 is 2.73 bits per heavy atom. The second-order valence-electron chi connectivity index (χ2n) is 8.32. The van der Waals surface area contributed by atoms with Gasteiger partial charge in [0.15, 0.2) is 11.5 Å². The highest BCUT2D eigenvalue weighted by molar-refractivity contribution is 9.10. The van der Waals surface area contributed by atoms with Crippen LogP contribution >= 0.6 is 15.9 Å². The van der Waals surface area contributed by atoms with Crippen molar-refractivity contribution in [1.29, 1.82) is 0 Å². The number of amides is 1. The highest BCUT2D eigenvalue weighted by atomic mass is 79.9. The van der Waals surface area contributed by atoms with Crippen molar-refractivity contribution in [2.75, 3.05) is 0 Å². The molecule has 5 rings (SSSR count). The molecule has 0 bridgehead atoms. The third-order valence-corrected chi connectivity index (χ3v) is 5.94. The summed E-state index contributed by atoms with van der Waals surface area (Å²) in [5.41, 5.74) is 3.37. The average molecular weight is 465 g/mol. The van der Waals surface area contributed by atoms with Gasteiger partial charge in [0.2, 0.25) is 5.88 Å². The molecule has 0 atom stereocenters. The Hall–Kier alpha value is -2.86. The summed E-state index contributed by atoms with van der Waals surface area (Å²) in [4.78, 5) is 19.4. The minimum Gasteiger partial charge on any atom is -0.483 e. The van der Waals surface area contributed by atoms with Gasteiger partial charge in [0.05, 0.1) is 0 Å². The summed E-state index contributed by atoms with van der Waals surface area (Å²) in [6, 6.07) is 15.7. The van der Waals surface area contributed by atoms with E-state index in [1.807, 2.05) is 53.4 Å². The quantitative estimate of drug-likeness (QED) is 0.510. The number of hydrogen-bond acceptors (Lipinski definition) is 4. The number of carbonyl (C=O) groups is 1. The molecular formula is C24H21BrN2O3. The summed E-state index contributed by atoms with van der Waals surface area (Å²) in [6.07, 6.45) is 2.51. The van der Waals surface area contributed by atoms with Crippen molar-refractivity contribution in [2.45, 2.75) is 39.0 Å². The van der Waals surface area contributed by atoms with Crippen LogP contribution in [0, 0.1) is 0 Å². The van der Waals surface area contributed by atoms with Crippen LogP contribution in [0.1, 0.15) is 40.9 Å². The molecule has 0 unspecified atom stereocenters. The van der Waals surface area contributed by atoms with Crippen LogP contribution in [0.2, 0.25) is 0 Å². The van der Waals surface area contributed by atoms with Crippen molar-refractivity contribution in [2.24, 2.45) is 0 Å². The van der Waals surface area contributed by atoms with Gasteiger partial charge in [0.1, 0.15) is 11.2 Å². The van der Waals surface area contributed by atoms with Gasteiger partial charge in [-0.25, -0.2) is 4.98 Å². The van der Waals surface area contributed by atoms with E-state index in [0.717, 1.165) is 33.3 Å². The number of pyridine rings is 1. The summed E-state index contributed by atoms with van der Waals surface area (Å²) in [5, 5.41) is 0. The highest BCUT2D eigenvalue weighted by Crippen LogP contribution is 2.44. The molecule has 3 heterocycles. The fourth-order valence-corrected chi connectivity index (χ4v) is 4.33. The molecule has 0 saturated carbocycles. The topological polar surface area (TPSA) is 51.7 Å². The number of ether oxygens (including phenoxy) is 2. The lowest BCUT2D eigenvalue weighted by Crippen LogP contribution is -2.24. The second kappa shape index (κ2) is 7.13. The van der Waals surface area contributed by atoms with E-state index < -0.39 is 0 Å². The van der Waals surface area contributed by atoms with E-state index in [2.05, 4.69) is 34.8 Å². The summed E-state index contributed by atoms with van der Waals surface area (Å²) in [6.45, 7) is 5.19. The second-order valence-corrected chi connectivity index (χ2v) is 9.24. The van der Waals surface area contributed by atoms with Gasteiger partial charge >= 0.3 is 0 Å². The Balaban J connectivity index is 1.42. The van der Waals surface area contributed by atoms with Crippen molar-refractivity contribution in [3.05, 3.63) is 81.5 Å². The zero-order valence-electron chi connectivity index (χ0n) is 16.8. The van der Waals surface area contributed by atoms with Crippen molar-refractivity contribution in [1.82, 2.24) is 9.88 Å². The van der Waals surface area contributed by atoms with E-state index in [-0.39, 0.29) is 11.5 Å². The molecule has 0 N–H and O–H groups in total. The smallest absolute Gasteiger partial charge is 0.260 e. The van der Waals surface area contributed by atoms with Crippen LogP contribution in [0.25, 0.3) is 0 Å². The molecule has 0 fully saturated rings. The minimum atomic E-state index is -0.273. The normalized spacial score (nSPS) is 16.2. The van der Waals surface area contributed by atoms with Crippen molar-refractivity contribution >= 4 is 21.8 Å². The number of nitrogens with zero attached hydrogens (tertiary/aromatic N) is 2. The lowest BCUT2D eigenvalue weighted by Gasteiger charge is -2.18. The van der Waals surface area contributed by atoms with Crippen molar-refractivity contribution in [3.63, 3.8) is 0 Å². The maximum absolute atomic E-state index is 13.2. The molecule has 152 valence electrons. The van der Waals surface area contributed by atoms with Gasteiger partial charge in [0, 0.05) is 35.7 Å². The zero-order valence-corrected chi connectivity index (χ0v) is 18.4. The summed E-state index contributed by atoms with van der Waals surface area (Å²) < 4.78 is 13.3. The third-order valence-electron chi connectivity index (χ3n) is 5.41. The maximum atomic E-state index is 13.2. The van der Waals surface area contributed by atoms with Crippen LogP contribution in [0.4, 0.5) is 0 Å². The first kappa shape index (κ1) is 19.1. The molecule has 2 aromatic carbocycles. The molecule has 2 aliphatic rings. The number of rotatable bonds is 4. The summed E-state index contributed by atoms with van der Waals surface area (Å²) in [7, 11) is 0. The Kier molecular flexibility index (Phi) is 4.54. The number of carbonyl (C=O) groups excluding carboxylic acids is 1. The van der Waals surface area contributed by atoms with Crippen molar-refractivity contribution in [3.8, 4) is 17.4 Å². The fraction of sp³-hybridized carbons (Fsp3) is 0.250. The van der Waals surface area contributed by atoms with Crippen LogP contribution in [0.3, 0.4) is 0 Å². The molecule has 6 heteroatoms. The first-order valence-corrected chi connectivity index (χ1v) is 10.7.